The Hall–Kier alpha value is -3.31. The van der Waals surface area contributed by atoms with Crippen LogP contribution in [0, 0.1) is 29.9 Å². The van der Waals surface area contributed by atoms with Gasteiger partial charge >= 0.3 is 5.97 Å². The maximum atomic E-state index is 14.1. The molecule has 1 fully saturated rings. The van der Waals surface area contributed by atoms with Gasteiger partial charge in [0.15, 0.2) is 0 Å². The van der Waals surface area contributed by atoms with Crippen molar-refractivity contribution in [3.05, 3.63) is 69.3 Å². The van der Waals surface area contributed by atoms with E-state index in [2.05, 4.69) is 11.8 Å². The lowest BCUT2D eigenvalue weighted by Gasteiger charge is -2.36. The molecule has 0 bridgehead atoms. The number of halogens is 2. The SMILES string of the molecule is Cc1c(C(C)CN2CCN(C(=O)CCc3cc(F)c(C#N)cc3F)CC2)ccc2c1COC2=O. The number of hydrogen-bond donors (Lipinski definition) is 0. The molecule has 2 heterocycles. The summed E-state index contributed by atoms with van der Waals surface area (Å²) in [6.45, 7) is 8.01. The van der Waals surface area contributed by atoms with Crippen LogP contribution in [0.15, 0.2) is 24.3 Å². The molecule has 8 heteroatoms. The lowest BCUT2D eigenvalue weighted by atomic mass is 9.90. The molecule has 4 rings (SSSR count). The van der Waals surface area contributed by atoms with E-state index in [1.807, 2.05) is 19.1 Å². The van der Waals surface area contributed by atoms with Crippen LogP contribution in [0.1, 0.15) is 57.4 Å². The Kier molecular flexibility index (Phi) is 6.94. The molecular formula is C26H27F2N3O3. The highest BCUT2D eigenvalue weighted by molar-refractivity contribution is 5.94. The van der Waals surface area contributed by atoms with Crippen molar-refractivity contribution in [2.24, 2.45) is 0 Å². The van der Waals surface area contributed by atoms with Crippen molar-refractivity contribution < 1.29 is 23.1 Å². The van der Waals surface area contributed by atoms with Crippen LogP contribution < -0.4 is 0 Å². The third-order valence-corrected chi connectivity index (χ3v) is 6.86. The van der Waals surface area contributed by atoms with Crippen LogP contribution in [0.5, 0.6) is 0 Å². The van der Waals surface area contributed by atoms with Gasteiger partial charge in [0.1, 0.15) is 24.3 Å². The summed E-state index contributed by atoms with van der Waals surface area (Å²) in [6, 6.07) is 7.35. The van der Waals surface area contributed by atoms with E-state index in [4.69, 9.17) is 10.00 Å². The summed E-state index contributed by atoms with van der Waals surface area (Å²) in [5, 5.41) is 8.78. The molecule has 0 N–H and O–H groups in total. The lowest BCUT2D eigenvalue weighted by molar-refractivity contribution is -0.132. The number of amides is 1. The number of nitrogens with zero attached hydrogens (tertiary/aromatic N) is 3. The van der Waals surface area contributed by atoms with Crippen molar-refractivity contribution in [1.82, 2.24) is 9.80 Å². The van der Waals surface area contributed by atoms with E-state index >= 15 is 0 Å². The largest absolute Gasteiger partial charge is 0.457 e. The molecule has 0 spiro atoms. The molecule has 2 aliphatic rings. The van der Waals surface area contributed by atoms with Gasteiger partial charge in [0.05, 0.1) is 11.1 Å². The van der Waals surface area contributed by atoms with Crippen LogP contribution >= 0.6 is 0 Å². The van der Waals surface area contributed by atoms with Gasteiger partial charge in [-0.2, -0.15) is 5.26 Å². The second-order valence-corrected chi connectivity index (χ2v) is 9.00. The fourth-order valence-electron chi connectivity index (χ4n) is 4.83. The summed E-state index contributed by atoms with van der Waals surface area (Å²) in [4.78, 5) is 28.5. The summed E-state index contributed by atoms with van der Waals surface area (Å²) in [7, 11) is 0. The van der Waals surface area contributed by atoms with Crippen molar-refractivity contribution in [3.63, 3.8) is 0 Å². The standard InChI is InChI=1S/C26H27F2N3O3/c1-16(20-4-5-21-22(17(20)2)15-34-26(21)33)14-30-7-9-31(10-8-30)25(32)6-3-18-11-24(28)19(13-29)12-23(18)27/h4-5,11-12,16H,3,6-10,14-15H2,1-2H3. The van der Waals surface area contributed by atoms with Crippen LogP contribution in [-0.2, 0) is 22.6 Å². The van der Waals surface area contributed by atoms with Crippen molar-refractivity contribution in [2.45, 2.75) is 39.2 Å². The first-order chi connectivity index (χ1) is 16.3. The third kappa shape index (κ3) is 4.80. The van der Waals surface area contributed by atoms with Gasteiger partial charge in [-0.3, -0.25) is 9.69 Å². The number of fused-ring (bicyclic) bond motifs is 1. The number of benzene rings is 2. The molecule has 6 nitrogen and oxygen atoms in total. The number of carbonyl (C=O) groups is 2. The second kappa shape index (κ2) is 9.90. The molecule has 34 heavy (non-hydrogen) atoms. The molecule has 2 aromatic rings. The van der Waals surface area contributed by atoms with E-state index < -0.39 is 11.6 Å². The molecular weight excluding hydrogens is 440 g/mol. The number of carbonyl (C=O) groups excluding carboxylic acids is 2. The van der Waals surface area contributed by atoms with Gasteiger partial charge in [-0.05, 0) is 54.2 Å². The Morgan fingerprint density at radius 3 is 2.62 bits per heavy atom. The minimum Gasteiger partial charge on any atom is -0.457 e. The van der Waals surface area contributed by atoms with Crippen LogP contribution in [0.25, 0.3) is 0 Å². The molecule has 0 aromatic heterocycles. The normalized spacial score (nSPS) is 16.7. The fraction of sp³-hybridized carbons (Fsp3) is 0.423. The molecule has 1 saturated heterocycles. The van der Waals surface area contributed by atoms with E-state index in [9.17, 15) is 18.4 Å². The second-order valence-electron chi connectivity index (χ2n) is 9.00. The zero-order valence-corrected chi connectivity index (χ0v) is 19.4. The molecule has 0 saturated carbocycles. The van der Waals surface area contributed by atoms with Crippen LogP contribution in [0.2, 0.25) is 0 Å². The van der Waals surface area contributed by atoms with Gasteiger partial charge in [-0.1, -0.05) is 13.0 Å². The first kappa shape index (κ1) is 23.8. The zero-order valence-electron chi connectivity index (χ0n) is 19.4. The van der Waals surface area contributed by atoms with Crippen molar-refractivity contribution in [3.8, 4) is 6.07 Å². The van der Waals surface area contributed by atoms with E-state index in [1.165, 1.54) is 5.56 Å². The lowest BCUT2D eigenvalue weighted by Crippen LogP contribution is -2.49. The number of aryl methyl sites for hydroxylation is 1. The molecule has 2 aromatic carbocycles. The monoisotopic (exact) mass is 467 g/mol. The average Bonchev–Trinajstić information content (AvgIpc) is 3.21. The highest BCUT2D eigenvalue weighted by Crippen LogP contribution is 2.30. The van der Waals surface area contributed by atoms with Crippen molar-refractivity contribution in [2.75, 3.05) is 32.7 Å². The molecule has 1 amide bonds. The summed E-state index contributed by atoms with van der Waals surface area (Å²) in [6.07, 6.45) is 0.183. The Bertz CT molecular complexity index is 1170. The Morgan fingerprint density at radius 2 is 1.91 bits per heavy atom. The topological polar surface area (TPSA) is 73.6 Å². The number of nitriles is 1. The van der Waals surface area contributed by atoms with E-state index in [-0.39, 0.29) is 41.8 Å². The Labute approximate surface area is 197 Å². The summed E-state index contributed by atoms with van der Waals surface area (Å²) in [5.41, 5.74) is 3.71. The van der Waals surface area contributed by atoms with Crippen molar-refractivity contribution >= 4 is 11.9 Å². The first-order valence-electron chi connectivity index (χ1n) is 11.5. The van der Waals surface area contributed by atoms with Gasteiger partial charge in [0, 0.05) is 44.7 Å². The van der Waals surface area contributed by atoms with E-state index in [0.717, 1.165) is 42.9 Å². The smallest absolute Gasteiger partial charge is 0.338 e. The van der Waals surface area contributed by atoms with Gasteiger partial charge in [-0.15, -0.1) is 0 Å². The van der Waals surface area contributed by atoms with Crippen molar-refractivity contribution in [1.29, 1.82) is 5.26 Å². The maximum absolute atomic E-state index is 14.1. The van der Waals surface area contributed by atoms with E-state index in [1.54, 1.807) is 11.0 Å². The first-order valence-corrected chi connectivity index (χ1v) is 11.5. The molecule has 0 aliphatic carbocycles. The Balaban J connectivity index is 1.28. The summed E-state index contributed by atoms with van der Waals surface area (Å²) >= 11 is 0. The minimum atomic E-state index is -0.771. The number of ether oxygens (including phenoxy) is 1. The predicted octanol–water partition coefficient (Wildman–Crippen LogP) is 3.70. The van der Waals surface area contributed by atoms with Crippen LogP contribution in [-0.4, -0.2) is 54.4 Å². The van der Waals surface area contributed by atoms with Crippen LogP contribution in [0.4, 0.5) is 8.78 Å². The Morgan fingerprint density at radius 1 is 1.18 bits per heavy atom. The third-order valence-electron chi connectivity index (χ3n) is 6.86. The predicted molar refractivity (Wildman–Crippen MR) is 121 cm³/mol. The zero-order chi connectivity index (χ0) is 24.4. The van der Waals surface area contributed by atoms with Gasteiger partial charge in [0.2, 0.25) is 5.91 Å². The molecule has 0 radical (unpaired) electrons. The summed E-state index contributed by atoms with van der Waals surface area (Å²) < 4.78 is 33.0. The van der Waals surface area contributed by atoms with Gasteiger partial charge < -0.3 is 9.64 Å². The maximum Gasteiger partial charge on any atom is 0.338 e. The van der Waals surface area contributed by atoms with E-state index in [0.29, 0.717) is 25.3 Å². The number of piperazine rings is 1. The quantitative estimate of drug-likeness (QED) is 0.606. The highest BCUT2D eigenvalue weighted by Gasteiger charge is 2.27. The number of cyclic esters (lactones) is 1. The average molecular weight is 468 g/mol. The number of rotatable bonds is 6. The number of hydrogen-bond acceptors (Lipinski definition) is 5. The van der Waals surface area contributed by atoms with Gasteiger partial charge in [-0.25, -0.2) is 13.6 Å². The molecule has 178 valence electrons. The fourth-order valence-corrected chi connectivity index (χ4v) is 4.83. The molecule has 2 aliphatic heterocycles. The minimum absolute atomic E-state index is 0.0870. The van der Waals surface area contributed by atoms with Crippen LogP contribution in [0.3, 0.4) is 0 Å². The highest BCUT2D eigenvalue weighted by atomic mass is 19.1. The summed E-state index contributed by atoms with van der Waals surface area (Å²) in [5.74, 6) is -1.52. The molecule has 1 unspecified atom stereocenters. The van der Waals surface area contributed by atoms with Gasteiger partial charge in [0.25, 0.3) is 0 Å². The molecule has 1 atom stereocenters. The number of esters is 1.